The summed E-state index contributed by atoms with van der Waals surface area (Å²) in [7, 11) is 0. The zero-order chi connectivity index (χ0) is 15.0. The Balaban J connectivity index is 1.83. The number of carbonyl (C=O) groups excluding carboxylic acids is 1. The standard InChI is InChI=1S/C17H16FNO2/c1-10-6-7-12(8-14(10)18)17(21)19-16-13-5-3-2-4-11(13)9-15(16)20/h2-8,15-16,20H,9H2,1H3,(H,19,21)/t15-,16+/m1/s1. The summed E-state index contributed by atoms with van der Waals surface area (Å²) in [6, 6.07) is 11.6. The lowest BCUT2D eigenvalue weighted by atomic mass is 10.1. The second-order valence-corrected chi connectivity index (χ2v) is 5.39. The van der Waals surface area contributed by atoms with E-state index < -0.39 is 18.0 Å². The summed E-state index contributed by atoms with van der Waals surface area (Å²) >= 11 is 0. The van der Waals surface area contributed by atoms with Gasteiger partial charge in [-0.05, 0) is 35.7 Å². The summed E-state index contributed by atoms with van der Waals surface area (Å²) in [5, 5.41) is 12.9. The van der Waals surface area contributed by atoms with Crippen LogP contribution in [0.1, 0.15) is 33.1 Å². The van der Waals surface area contributed by atoms with Crippen molar-refractivity contribution in [1.82, 2.24) is 5.32 Å². The number of hydrogen-bond acceptors (Lipinski definition) is 2. The van der Waals surface area contributed by atoms with Crippen LogP contribution in [0.2, 0.25) is 0 Å². The molecule has 0 heterocycles. The van der Waals surface area contributed by atoms with Gasteiger partial charge in [0.2, 0.25) is 0 Å². The van der Waals surface area contributed by atoms with Gasteiger partial charge >= 0.3 is 0 Å². The van der Waals surface area contributed by atoms with Gasteiger partial charge in [0.1, 0.15) is 5.82 Å². The van der Waals surface area contributed by atoms with Crippen molar-refractivity contribution in [3.05, 3.63) is 70.5 Å². The fraction of sp³-hybridized carbons (Fsp3) is 0.235. The quantitative estimate of drug-likeness (QED) is 0.890. The zero-order valence-corrected chi connectivity index (χ0v) is 11.6. The Hall–Kier alpha value is -2.20. The molecule has 1 amide bonds. The van der Waals surface area contributed by atoms with Crippen LogP contribution < -0.4 is 5.32 Å². The van der Waals surface area contributed by atoms with Gasteiger partial charge in [0, 0.05) is 12.0 Å². The third kappa shape index (κ3) is 2.54. The highest BCUT2D eigenvalue weighted by molar-refractivity contribution is 5.94. The van der Waals surface area contributed by atoms with Crippen molar-refractivity contribution in [3.63, 3.8) is 0 Å². The molecule has 0 radical (unpaired) electrons. The first-order valence-electron chi connectivity index (χ1n) is 6.89. The Bertz CT molecular complexity index is 699. The van der Waals surface area contributed by atoms with Crippen molar-refractivity contribution < 1.29 is 14.3 Å². The number of benzene rings is 2. The van der Waals surface area contributed by atoms with Gasteiger partial charge in [0.25, 0.3) is 5.91 Å². The van der Waals surface area contributed by atoms with Crippen LogP contribution in [0.25, 0.3) is 0 Å². The molecule has 0 spiro atoms. The molecule has 2 aromatic rings. The highest BCUT2D eigenvalue weighted by Crippen LogP contribution is 2.31. The molecule has 0 aliphatic heterocycles. The molecule has 21 heavy (non-hydrogen) atoms. The Morgan fingerprint density at radius 2 is 2.05 bits per heavy atom. The van der Waals surface area contributed by atoms with Crippen LogP contribution >= 0.6 is 0 Å². The molecule has 3 rings (SSSR count). The summed E-state index contributed by atoms with van der Waals surface area (Å²) in [5.74, 6) is -0.787. The number of aryl methyl sites for hydroxylation is 1. The number of fused-ring (bicyclic) bond motifs is 1. The highest BCUT2D eigenvalue weighted by atomic mass is 19.1. The van der Waals surface area contributed by atoms with Crippen LogP contribution in [0.4, 0.5) is 4.39 Å². The Morgan fingerprint density at radius 1 is 1.29 bits per heavy atom. The predicted molar refractivity (Wildman–Crippen MR) is 77.5 cm³/mol. The van der Waals surface area contributed by atoms with Gasteiger partial charge in [-0.2, -0.15) is 0 Å². The molecule has 0 aromatic heterocycles. The van der Waals surface area contributed by atoms with Gasteiger partial charge in [0.05, 0.1) is 12.1 Å². The van der Waals surface area contributed by atoms with E-state index in [2.05, 4.69) is 5.32 Å². The van der Waals surface area contributed by atoms with E-state index in [9.17, 15) is 14.3 Å². The molecule has 1 aliphatic rings. The predicted octanol–water partition coefficient (Wildman–Crippen LogP) is 2.52. The molecule has 0 saturated heterocycles. The van der Waals surface area contributed by atoms with Crippen molar-refractivity contribution in [3.8, 4) is 0 Å². The number of aliphatic hydroxyl groups excluding tert-OH is 1. The van der Waals surface area contributed by atoms with E-state index in [0.29, 0.717) is 12.0 Å². The molecule has 2 atom stereocenters. The average molecular weight is 285 g/mol. The lowest BCUT2D eigenvalue weighted by Crippen LogP contribution is -2.33. The number of carbonyl (C=O) groups is 1. The monoisotopic (exact) mass is 285 g/mol. The molecule has 0 saturated carbocycles. The van der Waals surface area contributed by atoms with Crippen LogP contribution in [-0.2, 0) is 6.42 Å². The average Bonchev–Trinajstić information content (AvgIpc) is 2.78. The van der Waals surface area contributed by atoms with Gasteiger partial charge in [-0.15, -0.1) is 0 Å². The van der Waals surface area contributed by atoms with Crippen LogP contribution in [0, 0.1) is 12.7 Å². The number of nitrogens with one attached hydrogen (secondary N) is 1. The molecule has 0 fully saturated rings. The van der Waals surface area contributed by atoms with Crippen LogP contribution in [-0.4, -0.2) is 17.1 Å². The summed E-state index contributed by atoms with van der Waals surface area (Å²) in [4.78, 5) is 12.2. The minimum absolute atomic E-state index is 0.259. The van der Waals surface area contributed by atoms with Crippen molar-refractivity contribution in [2.24, 2.45) is 0 Å². The van der Waals surface area contributed by atoms with E-state index in [-0.39, 0.29) is 11.5 Å². The minimum Gasteiger partial charge on any atom is -0.390 e. The molecule has 108 valence electrons. The molecule has 1 aliphatic carbocycles. The third-order valence-corrected chi connectivity index (χ3v) is 3.92. The largest absolute Gasteiger partial charge is 0.390 e. The van der Waals surface area contributed by atoms with E-state index in [1.807, 2.05) is 24.3 Å². The van der Waals surface area contributed by atoms with Gasteiger partial charge < -0.3 is 10.4 Å². The van der Waals surface area contributed by atoms with E-state index in [4.69, 9.17) is 0 Å². The Labute approximate surface area is 122 Å². The topological polar surface area (TPSA) is 49.3 Å². The molecule has 3 nitrogen and oxygen atoms in total. The van der Waals surface area contributed by atoms with Crippen molar-refractivity contribution in [2.45, 2.75) is 25.5 Å². The lowest BCUT2D eigenvalue weighted by molar-refractivity contribution is 0.0858. The van der Waals surface area contributed by atoms with E-state index in [1.165, 1.54) is 6.07 Å². The molecule has 0 unspecified atom stereocenters. The maximum absolute atomic E-state index is 13.5. The number of hydrogen-bond donors (Lipinski definition) is 2. The number of halogens is 1. The molecular formula is C17H16FNO2. The summed E-state index contributed by atoms with van der Waals surface area (Å²) in [5.41, 5.74) is 2.71. The fourth-order valence-corrected chi connectivity index (χ4v) is 2.71. The first-order valence-corrected chi connectivity index (χ1v) is 6.89. The Kier molecular flexibility index (Phi) is 3.47. The second kappa shape index (κ2) is 5.30. The summed E-state index contributed by atoms with van der Waals surface area (Å²) in [6.45, 7) is 1.65. The number of aliphatic hydroxyl groups is 1. The van der Waals surface area contributed by atoms with Gasteiger partial charge in [-0.25, -0.2) is 4.39 Å². The second-order valence-electron chi connectivity index (χ2n) is 5.39. The summed E-state index contributed by atoms with van der Waals surface area (Å²) < 4.78 is 13.5. The normalized spacial score (nSPS) is 20.1. The maximum atomic E-state index is 13.5. The first-order chi connectivity index (χ1) is 10.1. The van der Waals surface area contributed by atoms with Crippen LogP contribution in [0.5, 0.6) is 0 Å². The van der Waals surface area contributed by atoms with Gasteiger partial charge in [-0.1, -0.05) is 30.3 Å². The van der Waals surface area contributed by atoms with E-state index in [1.54, 1.807) is 19.1 Å². The smallest absolute Gasteiger partial charge is 0.251 e. The summed E-state index contributed by atoms with van der Waals surface area (Å²) in [6.07, 6.45) is -0.134. The van der Waals surface area contributed by atoms with E-state index >= 15 is 0 Å². The van der Waals surface area contributed by atoms with Gasteiger partial charge in [-0.3, -0.25) is 4.79 Å². The maximum Gasteiger partial charge on any atom is 0.251 e. The van der Waals surface area contributed by atoms with Gasteiger partial charge in [0.15, 0.2) is 0 Å². The molecular weight excluding hydrogens is 269 g/mol. The fourth-order valence-electron chi connectivity index (χ4n) is 2.71. The SMILES string of the molecule is Cc1ccc(C(=O)N[C@H]2c3ccccc3C[C@H]2O)cc1F. The third-order valence-electron chi connectivity index (χ3n) is 3.92. The number of amides is 1. The molecule has 0 bridgehead atoms. The van der Waals surface area contributed by atoms with Crippen LogP contribution in [0.3, 0.4) is 0 Å². The zero-order valence-electron chi connectivity index (χ0n) is 11.6. The minimum atomic E-state index is -0.651. The highest BCUT2D eigenvalue weighted by Gasteiger charge is 2.32. The molecule has 2 aromatic carbocycles. The molecule has 4 heteroatoms. The lowest BCUT2D eigenvalue weighted by Gasteiger charge is -2.18. The molecule has 2 N–H and O–H groups in total. The van der Waals surface area contributed by atoms with Crippen LogP contribution in [0.15, 0.2) is 42.5 Å². The van der Waals surface area contributed by atoms with Crippen molar-refractivity contribution in [2.75, 3.05) is 0 Å². The first kappa shape index (κ1) is 13.8. The number of rotatable bonds is 2. The van der Waals surface area contributed by atoms with E-state index in [0.717, 1.165) is 11.1 Å². The van der Waals surface area contributed by atoms with Crippen molar-refractivity contribution >= 4 is 5.91 Å². The van der Waals surface area contributed by atoms with Crippen molar-refractivity contribution in [1.29, 1.82) is 0 Å². The Morgan fingerprint density at radius 3 is 2.81 bits per heavy atom.